The SMILES string of the molecule is O=C(CNC(=O)c1ccc2c(c1)OCO2)N/N=C\c1cc(Br)ccc1OC(=O)/C=C\c1ccco1. The van der Waals surface area contributed by atoms with Crippen molar-refractivity contribution in [1.29, 1.82) is 0 Å². The topological polar surface area (TPSA) is 128 Å². The Morgan fingerprint density at radius 2 is 1.94 bits per heavy atom. The van der Waals surface area contributed by atoms with Gasteiger partial charge in [-0.3, -0.25) is 9.59 Å². The summed E-state index contributed by atoms with van der Waals surface area (Å²) in [5.41, 5.74) is 3.07. The lowest BCUT2D eigenvalue weighted by Gasteiger charge is -2.07. The van der Waals surface area contributed by atoms with Crippen molar-refractivity contribution in [3.8, 4) is 17.2 Å². The molecule has 178 valence electrons. The molecule has 0 unspecified atom stereocenters. The van der Waals surface area contributed by atoms with E-state index in [0.717, 1.165) is 0 Å². The van der Waals surface area contributed by atoms with Crippen LogP contribution in [0.15, 0.2) is 74.9 Å². The molecule has 0 radical (unpaired) electrons. The highest BCUT2D eigenvalue weighted by Gasteiger charge is 2.16. The molecule has 1 aliphatic rings. The number of hydrogen-bond donors (Lipinski definition) is 2. The van der Waals surface area contributed by atoms with E-state index in [9.17, 15) is 14.4 Å². The van der Waals surface area contributed by atoms with E-state index in [1.54, 1.807) is 42.5 Å². The van der Waals surface area contributed by atoms with E-state index in [1.165, 1.54) is 30.7 Å². The second kappa shape index (κ2) is 11.2. The maximum Gasteiger partial charge on any atom is 0.336 e. The molecule has 0 saturated carbocycles. The van der Waals surface area contributed by atoms with E-state index in [1.807, 2.05) is 0 Å². The highest BCUT2D eigenvalue weighted by Crippen LogP contribution is 2.32. The van der Waals surface area contributed by atoms with Crippen molar-refractivity contribution in [2.24, 2.45) is 5.10 Å². The third-order valence-electron chi connectivity index (χ3n) is 4.55. The van der Waals surface area contributed by atoms with Crippen molar-refractivity contribution in [3.05, 3.63) is 82.2 Å². The largest absolute Gasteiger partial charge is 0.465 e. The van der Waals surface area contributed by atoms with Crippen LogP contribution in [0.1, 0.15) is 21.7 Å². The minimum absolute atomic E-state index is 0.0986. The summed E-state index contributed by atoms with van der Waals surface area (Å²) in [5.74, 6) is 0.142. The minimum Gasteiger partial charge on any atom is -0.465 e. The lowest BCUT2D eigenvalue weighted by atomic mass is 10.2. The molecule has 0 saturated heterocycles. The zero-order chi connectivity index (χ0) is 24.6. The Kier molecular flexibility index (Phi) is 7.58. The maximum atomic E-state index is 12.3. The number of carbonyl (C=O) groups excluding carboxylic acids is 3. The number of rotatable bonds is 8. The van der Waals surface area contributed by atoms with Gasteiger partial charge in [-0.2, -0.15) is 5.10 Å². The predicted molar refractivity (Wildman–Crippen MR) is 128 cm³/mol. The summed E-state index contributed by atoms with van der Waals surface area (Å²) in [6, 6.07) is 13.1. The van der Waals surface area contributed by atoms with Crippen LogP contribution in [0.4, 0.5) is 0 Å². The van der Waals surface area contributed by atoms with Gasteiger partial charge >= 0.3 is 5.97 Å². The molecule has 1 aromatic heterocycles. The number of hydrogen-bond acceptors (Lipinski definition) is 8. The molecule has 3 aromatic rings. The van der Waals surface area contributed by atoms with Crippen LogP contribution in [0, 0.1) is 0 Å². The number of amides is 2. The molecule has 2 aromatic carbocycles. The van der Waals surface area contributed by atoms with Gasteiger partial charge in [-0.1, -0.05) is 15.9 Å². The van der Waals surface area contributed by atoms with Gasteiger partial charge in [0, 0.05) is 21.7 Å². The molecule has 2 heterocycles. The van der Waals surface area contributed by atoms with Crippen molar-refractivity contribution in [2.45, 2.75) is 0 Å². The number of nitrogens with one attached hydrogen (secondary N) is 2. The lowest BCUT2D eigenvalue weighted by Crippen LogP contribution is -2.34. The fraction of sp³-hybridized carbons (Fsp3) is 0.0833. The zero-order valence-electron chi connectivity index (χ0n) is 18.0. The molecule has 2 amide bonds. The normalized spacial score (nSPS) is 12.1. The van der Waals surface area contributed by atoms with Crippen molar-refractivity contribution < 1.29 is 33.0 Å². The van der Waals surface area contributed by atoms with E-state index in [4.69, 9.17) is 18.6 Å². The van der Waals surface area contributed by atoms with Crippen LogP contribution in [0.2, 0.25) is 0 Å². The van der Waals surface area contributed by atoms with Gasteiger partial charge < -0.3 is 23.9 Å². The van der Waals surface area contributed by atoms with Crippen LogP contribution in [-0.4, -0.2) is 37.3 Å². The smallest absolute Gasteiger partial charge is 0.336 e. The second-order valence-electron chi connectivity index (χ2n) is 7.00. The number of hydrazone groups is 1. The van der Waals surface area contributed by atoms with Crippen LogP contribution in [-0.2, 0) is 9.59 Å². The Hall–Kier alpha value is -4.38. The van der Waals surface area contributed by atoms with Crippen molar-refractivity contribution in [2.75, 3.05) is 13.3 Å². The van der Waals surface area contributed by atoms with Crippen molar-refractivity contribution in [1.82, 2.24) is 10.7 Å². The quantitative estimate of drug-likeness (QED) is 0.148. The van der Waals surface area contributed by atoms with Crippen LogP contribution >= 0.6 is 15.9 Å². The number of ether oxygens (including phenoxy) is 3. The third kappa shape index (κ3) is 6.58. The summed E-state index contributed by atoms with van der Waals surface area (Å²) >= 11 is 3.34. The Morgan fingerprint density at radius 1 is 1.09 bits per heavy atom. The molecule has 0 fully saturated rings. The highest BCUT2D eigenvalue weighted by atomic mass is 79.9. The van der Waals surface area contributed by atoms with E-state index in [2.05, 4.69) is 31.8 Å². The van der Waals surface area contributed by atoms with Crippen LogP contribution < -0.4 is 25.0 Å². The van der Waals surface area contributed by atoms with E-state index in [0.29, 0.717) is 32.9 Å². The van der Waals surface area contributed by atoms with E-state index >= 15 is 0 Å². The molecule has 11 heteroatoms. The summed E-state index contributed by atoms with van der Waals surface area (Å²) in [5, 5.41) is 6.38. The standard InChI is InChI=1S/C24H18BrN3O7/c25-17-4-7-19(35-23(30)8-5-18-2-1-9-32-18)16(10-17)12-27-28-22(29)13-26-24(31)15-3-6-20-21(11-15)34-14-33-20/h1-12H,13-14H2,(H,26,31)(H,28,29)/b8-5-,27-12-. The molecule has 0 aliphatic carbocycles. The van der Waals surface area contributed by atoms with E-state index < -0.39 is 17.8 Å². The summed E-state index contributed by atoms with van der Waals surface area (Å²) in [6.45, 7) is -0.204. The highest BCUT2D eigenvalue weighted by molar-refractivity contribution is 9.10. The fourth-order valence-electron chi connectivity index (χ4n) is 2.91. The maximum absolute atomic E-state index is 12.3. The van der Waals surface area contributed by atoms with Crippen LogP contribution in [0.3, 0.4) is 0 Å². The molecule has 0 atom stereocenters. The van der Waals surface area contributed by atoms with Gasteiger partial charge in [0.25, 0.3) is 11.8 Å². The summed E-state index contributed by atoms with van der Waals surface area (Å²) in [6.07, 6.45) is 5.52. The Bertz CT molecular complexity index is 1300. The molecule has 10 nitrogen and oxygen atoms in total. The van der Waals surface area contributed by atoms with Crippen LogP contribution in [0.25, 0.3) is 6.08 Å². The summed E-state index contributed by atoms with van der Waals surface area (Å²) in [7, 11) is 0. The van der Waals surface area contributed by atoms with Crippen molar-refractivity contribution in [3.63, 3.8) is 0 Å². The average Bonchev–Trinajstić information content (AvgIpc) is 3.54. The van der Waals surface area contributed by atoms with Gasteiger partial charge in [-0.15, -0.1) is 0 Å². The predicted octanol–water partition coefficient (Wildman–Crippen LogP) is 3.27. The number of halogens is 1. The Morgan fingerprint density at radius 3 is 2.77 bits per heavy atom. The minimum atomic E-state index is -0.617. The monoisotopic (exact) mass is 539 g/mol. The molecular weight excluding hydrogens is 522 g/mol. The lowest BCUT2D eigenvalue weighted by molar-refractivity contribution is -0.129. The number of nitrogens with zero attached hydrogens (tertiary/aromatic N) is 1. The van der Waals surface area contributed by atoms with Gasteiger partial charge in [0.1, 0.15) is 11.5 Å². The number of esters is 1. The van der Waals surface area contributed by atoms with Crippen molar-refractivity contribution >= 4 is 46.0 Å². The Balaban J connectivity index is 1.30. The van der Waals surface area contributed by atoms with Gasteiger partial charge in [-0.25, -0.2) is 10.2 Å². The number of furan rings is 1. The molecule has 2 N–H and O–H groups in total. The first-order chi connectivity index (χ1) is 17.0. The zero-order valence-corrected chi connectivity index (χ0v) is 19.6. The first-order valence-electron chi connectivity index (χ1n) is 10.2. The van der Waals surface area contributed by atoms with Gasteiger partial charge in [0.05, 0.1) is 19.0 Å². The molecule has 35 heavy (non-hydrogen) atoms. The Labute approximate surface area is 207 Å². The summed E-state index contributed by atoms with van der Waals surface area (Å²) < 4.78 is 21.6. The molecule has 4 rings (SSSR count). The van der Waals surface area contributed by atoms with Gasteiger partial charge in [-0.05, 0) is 54.6 Å². The molecule has 0 spiro atoms. The fourth-order valence-corrected chi connectivity index (χ4v) is 3.28. The van der Waals surface area contributed by atoms with Crippen LogP contribution in [0.5, 0.6) is 17.2 Å². The van der Waals surface area contributed by atoms with E-state index in [-0.39, 0.29) is 19.1 Å². The third-order valence-corrected chi connectivity index (χ3v) is 5.04. The molecule has 1 aliphatic heterocycles. The van der Waals surface area contributed by atoms with Gasteiger partial charge in [0.15, 0.2) is 11.5 Å². The summed E-state index contributed by atoms with van der Waals surface area (Å²) in [4.78, 5) is 36.5. The number of benzene rings is 2. The number of fused-ring (bicyclic) bond motifs is 1. The molecule has 0 bridgehead atoms. The first-order valence-corrected chi connectivity index (χ1v) is 11.0. The molecular formula is C24H18BrN3O7. The second-order valence-corrected chi connectivity index (χ2v) is 7.91. The number of carbonyl (C=O) groups is 3. The average molecular weight is 540 g/mol. The van der Waals surface area contributed by atoms with Gasteiger partial charge in [0.2, 0.25) is 6.79 Å². The first kappa shape index (κ1) is 23.8.